The molecule has 0 heterocycles. The van der Waals surface area contributed by atoms with Crippen molar-refractivity contribution in [1.82, 2.24) is 0 Å². The summed E-state index contributed by atoms with van der Waals surface area (Å²) >= 11 is 0. The van der Waals surface area contributed by atoms with Crippen LogP contribution in [0.15, 0.2) is 0 Å². The molecule has 4 fully saturated rings. The van der Waals surface area contributed by atoms with Crippen LogP contribution in [0.2, 0.25) is 0 Å². The van der Waals surface area contributed by atoms with Gasteiger partial charge in [-0.3, -0.25) is 0 Å². The molecule has 2 N–H and O–H groups in total. The first kappa shape index (κ1) is 16.8. The zero-order valence-electron chi connectivity index (χ0n) is 15.4. The number of aliphatic hydroxyl groups is 2. The van der Waals surface area contributed by atoms with E-state index in [0.717, 1.165) is 31.6 Å². The highest BCUT2D eigenvalue weighted by atomic mass is 16.3. The van der Waals surface area contributed by atoms with Gasteiger partial charge in [0.2, 0.25) is 0 Å². The maximum Gasteiger partial charge on any atom is 0.0779 e. The molecular weight excluding hydrogens is 272 g/mol. The Balaban J connectivity index is 1.95. The van der Waals surface area contributed by atoms with Crippen LogP contribution < -0.4 is 0 Å². The van der Waals surface area contributed by atoms with Crippen LogP contribution in [0, 0.1) is 34.5 Å². The number of rotatable bonds is 2. The first-order valence-electron chi connectivity index (χ1n) is 9.33. The minimum atomic E-state index is -0.701. The molecule has 0 aromatic carbocycles. The lowest BCUT2D eigenvalue weighted by molar-refractivity contribution is -0.300. The molecule has 0 aromatic heterocycles. The van der Waals surface area contributed by atoms with Gasteiger partial charge >= 0.3 is 0 Å². The summed E-state index contributed by atoms with van der Waals surface area (Å²) in [5.74, 6) is 1.62. The SMILES string of the molecule is CC(C)(C)CC[C@]1(O)[C@@H]2C[C@H]3C[C@@H](C2)[C@](O)(C(C)(C)C)[C@@H]1C3. The fraction of sp³-hybridized carbons (Fsp3) is 1.00. The van der Waals surface area contributed by atoms with Gasteiger partial charge in [0.15, 0.2) is 0 Å². The molecule has 4 saturated carbocycles. The van der Waals surface area contributed by atoms with Crippen molar-refractivity contribution in [3.05, 3.63) is 0 Å². The average Bonchev–Trinajstić information content (AvgIpc) is 2.36. The van der Waals surface area contributed by atoms with Gasteiger partial charge in [-0.2, -0.15) is 0 Å². The van der Waals surface area contributed by atoms with E-state index in [1.165, 1.54) is 12.8 Å². The fourth-order valence-electron chi connectivity index (χ4n) is 6.15. The Morgan fingerprint density at radius 1 is 0.864 bits per heavy atom. The quantitative estimate of drug-likeness (QED) is 0.794. The Labute approximate surface area is 136 Å². The molecule has 0 aromatic rings. The van der Waals surface area contributed by atoms with Crippen molar-refractivity contribution >= 4 is 0 Å². The molecule has 0 spiro atoms. The summed E-state index contributed by atoms with van der Waals surface area (Å²) in [7, 11) is 0. The predicted molar refractivity (Wildman–Crippen MR) is 90.5 cm³/mol. The summed E-state index contributed by atoms with van der Waals surface area (Å²) in [6.07, 6.45) is 6.31. The molecule has 22 heavy (non-hydrogen) atoms. The van der Waals surface area contributed by atoms with Crippen LogP contribution in [0.5, 0.6) is 0 Å². The van der Waals surface area contributed by atoms with Gasteiger partial charge in [0, 0.05) is 5.92 Å². The van der Waals surface area contributed by atoms with Gasteiger partial charge in [-0.25, -0.2) is 0 Å². The van der Waals surface area contributed by atoms with E-state index in [4.69, 9.17) is 0 Å². The minimum absolute atomic E-state index is 0.0681. The molecule has 0 amide bonds. The lowest BCUT2D eigenvalue weighted by atomic mass is 9.40. The van der Waals surface area contributed by atoms with Gasteiger partial charge in [-0.15, -0.1) is 0 Å². The minimum Gasteiger partial charge on any atom is -0.389 e. The van der Waals surface area contributed by atoms with Gasteiger partial charge in [0.05, 0.1) is 11.2 Å². The number of hydrogen-bond donors (Lipinski definition) is 2. The summed E-state index contributed by atoms with van der Waals surface area (Å²) in [4.78, 5) is 0. The van der Waals surface area contributed by atoms with E-state index >= 15 is 0 Å². The highest BCUT2D eigenvalue weighted by Crippen LogP contribution is 2.67. The lowest BCUT2D eigenvalue weighted by Gasteiger charge is -2.69. The molecule has 0 aliphatic heterocycles. The predicted octanol–water partition coefficient (Wildman–Crippen LogP) is 4.39. The van der Waals surface area contributed by atoms with Crippen molar-refractivity contribution in [3.63, 3.8) is 0 Å². The third-order valence-electron chi connectivity index (χ3n) is 7.31. The molecule has 2 nitrogen and oxygen atoms in total. The van der Waals surface area contributed by atoms with Crippen molar-refractivity contribution in [2.75, 3.05) is 0 Å². The van der Waals surface area contributed by atoms with Crippen molar-refractivity contribution in [3.8, 4) is 0 Å². The van der Waals surface area contributed by atoms with Crippen LogP contribution in [0.3, 0.4) is 0 Å². The molecular formula is C20H36O2. The van der Waals surface area contributed by atoms with Gasteiger partial charge < -0.3 is 10.2 Å². The second-order valence-electron chi connectivity index (χ2n) is 10.9. The van der Waals surface area contributed by atoms with Gasteiger partial charge in [0.1, 0.15) is 0 Å². The molecule has 4 rings (SSSR count). The van der Waals surface area contributed by atoms with Crippen LogP contribution in [-0.4, -0.2) is 21.4 Å². The Morgan fingerprint density at radius 3 is 2.00 bits per heavy atom. The molecule has 128 valence electrons. The molecule has 0 unspecified atom stereocenters. The van der Waals surface area contributed by atoms with E-state index < -0.39 is 11.2 Å². The number of hydrogen-bond acceptors (Lipinski definition) is 2. The zero-order valence-corrected chi connectivity index (χ0v) is 15.4. The average molecular weight is 309 g/mol. The van der Waals surface area contributed by atoms with Crippen molar-refractivity contribution < 1.29 is 10.2 Å². The molecule has 4 aliphatic carbocycles. The molecule has 4 aliphatic rings. The maximum atomic E-state index is 11.7. The summed E-state index contributed by atoms with van der Waals surface area (Å²) in [6, 6.07) is 0. The van der Waals surface area contributed by atoms with Crippen LogP contribution in [0.25, 0.3) is 0 Å². The van der Waals surface area contributed by atoms with Crippen LogP contribution in [-0.2, 0) is 0 Å². The molecule has 4 bridgehead atoms. The molecule has 0 radical (unpaired) electrons. The summed E-state index contributed by atoms with van der Waals surface area (Å²) < 4.78 is 0. The van der Waals surface area contributed by atoms with E-state index in [2.05, 4.69) is 41.5 Å². The Bertz CT molecular complexity index is 444. The van der Waals surface area contributed by atoms with Crippen molar-refractivity contribution in [2.24, 2.45) is 34.5 Å². The van der Waals surface area contributed by atoms with E-state index in [1.54, 1.807) is 0 Å². The van der Waals surface area contributed by atoms with Crippen molar-refractivity contribution in [1.29, 1.82) is 0 Å². The first-order chi connectivity index (χ1) is 9.88. The standard InChI is InChI=1S/C20H36O2/c1-17(2,3)7-8-19(21)14-9-13-10-15(12-14)20(22,16(19)11-13)18(4,5)6/h13-16,21-22H,7-12H2,1-6H3/t13-,14+,15-,16+,19-,20+/m0/s1. The highest BCUT2D eigenvalue weighted by Gasteiger charge is 2.69. The second kappa shape index (κ2) is 4.72. The van der Waals surface area contributed by atoms with Crippen LogP contribution in [0.1, 0.15) is 80.1 Å². The van der Waals surface area contributed by atoms with Crippen LogP contribution in [0.4, 0.5) is 0 Å². The topological polar surface area (TPSA) is 40.5 Å². The highest BCUT2D eigenvalue weighted by molar-refractivity contribution is 5.19. The largest absolute Gasteiger partial charge is 0.389 e. The first-order valence-corrected chi connectivity index (χ1v) is 9.33. The van der Waals surface area contributed by atoms with E-state index in [1.807, 2.05) is 0 Å². The molecule has 2 heteroatoms. The van der Waals surface area contributed by atoms with E-state index in [0.29, 0.717) is 11.8 Å². The van der Waals surface area contributed by atoms with Crippen LogP contribution >= 0.6 is 0 Å². The second-order valence-corrected chi connectivity index (χ2v) is 10.9. The third-order valence-corrected chi connectivity index (χ3v) is 7.31. The lowest BCUT2D eigenvalue weighted by Crippen LogP contribution is -2.73. The van der Waals surface area contributed by atoms with E-state index in [-0.39, 0.29) is 16.7 Å². The van der Waals surface area contributed by atoms with Gasteiger partial charge in [-0.05, 0) is 67.1 Å². The molecule has 6 atom stereocenters. The third kappa shape index (κ3) is 2.28. The van der Waals surface area contributed by atoms with Gasteiger partial charge in [-0.1, -0.05) is 41.5 Å². The smallest absolute Gasteiger partial charge is 0.0779 e. The maximum absolute atomic E-state index is 11.7. The Morgan fingerprint density at radius 2 is 1.45 bits per heavy atom. The monoisotopic (exact) mass is 308 g/mol. The van der Waals surface area contributed by atoms with Crippen molar-refractivity contribution in [2.45, 2.75) is 91.3 Å². The summed E-state index contributed by atoms with van der Waals surface area (Å²) in [5, 5.41) is 23.4. The van der Waals surface area contributed by atoms with E-state index in [9.17, 15) is 10.2 Å². The summed E-state index contributed by atoms with van der Waals surface area (Å²) in [5.41, 5.74) is -1.27. The zero-order chi connectivity index (χ0) is 16.6. The van der Waals surface area contributed by atoms with Gasteiger partial charge in [0.25, 0.3) is 0 Å². The molecule has 0 saturated heterocycles. The summed E-state index contributed by atoms with van der Waals surface area (Å²) in [6.45, 7) is 13.3. The Kier molecular flexibility index (Phi) is 3.60. The fourth-order valence-corrected chi connectivity index (χ4v) is 6.15. The normalized spacial score (nSPS) is 48.0. The Hall–Kier alpha value is -0.0800.